The lowest BCUT2D eigenvalue weighted by molar-refractivity contribution is -0.191. The highest BCUT2D eigenvalue weighted by Crippen LogP contribution is 2.30. The Bertz CT molecular complexity index is 641. The van der Waals surface area contributed by atoms with E-state index in [1.807, 2.05) is 30.3 Å². The van der Waals surface area contributed by atoms with E-state index >= 15 is 0 Å². The van der Waals surface area contributed by atoms with Gasteiger partial charge in [-0.2, -0.15) is 0 Å². The molecular formula is C22H34N2O5. The average molecular weight is 407 g/mol. The average Bonchev–Trinajstić information content (AvgIpc) is 3.16. The van der Waals surface area contributed by atoms with Crippen molar-refractivity contribution in [2.75, 3.05) is 6.54 Å². The van der Waals surface area contributed by atoms with Gasteiger partial charge in [-0.15, -0.1) is 0 Å². The van der Waals surface area contributed by atoms with Crippen LogP contribution in [0.1, 0.15) is 51.0 Å². The van der Waals surface area contributed by atoms with Gasteiger partial charge in [0.15, 0.2) is 6.10 Å². The van der Waals surface area contributed by atoms with E-state index in [-0.39, 0.29) is 0 Å². The topological polar surface area (TPSA) is 104 Å². The lowest BCUT2D eigenvalue weighted by atomic mass is 9.83. The standard InChI is InChI=1S/C22H34N2O5/c1-2-3-4-5-6-10-13-23-22-24-16-20(28-14-15-11-8-7-9-12-15)18(26)17(25)19(27)21(16)29-22/h7-9,11-12,16-21,25-27H,2-6,10,13-14H2,1H3,(H,23,24)/t16-,17-,18-,19+,20-,21-/m0/s1. The molecule has 0 unspecified atom stereocenters. The maximum atomic E-state index is 10.5. The van der Waals surface area contributed by atoms with Crippen molar-refractivity contribution < 1.29 is 24.8 Å². The number of aliphatic imine (C=N–C) groups is 1. The molecule has 0 radical (unpaired) electrons. The van der Waals surface area contributed by atoms with Crippen LogP contribution in [-0.2, 0) is 16.1 Å². The zero-order chi connectivity index (χ0) is 20.6. The second-order valence-electron chi connectivity index (χ2n) is 7.94. The predicted molar refractivity (Wildman–Crippen MR) is 111 cm³/mol. The monoisotopic (exact) mass is 406 g/mol. The number of amidine groups is 1. The number of unbranched alkanes of at least 4 members (excludes halogenated alkanes) is 5. The highest BCUT2D eigenvalue weighted by atomic mass is 16.6. The highest BCUT2D eigenvalue weighted by molar-refractivity contribution is 5.76. The van der Waals surface area contributed by atoms with Crippen molar-refractivity contribution in [3.05, 3.63) is 35.9 Å². The van der Waals surface area contributed by atoms with Crippen molar-refractivity contribution in [2.24, 2.45) is 4.99 Å². The van der Waals surface area contributed by atoms with Gasteiger partial charge in [0, 0.05) is 6.54 Å². The fourth-order valence-corrected chi connectivity index (χ4v) is 3.94. The second-order valence-corrected chi connectivity index (χ2v) is 7.94. The second kappa shape index (κ2) is 10.9. The van der Waals surface area contributed by atoms with Crippen LogP contribution in [0.3, 0.4) is 0 Å². The maximum absolute atomic E-state index is 10.5. The first-order valence-electron chi connectivity index (χ1n) is 10.8. The number of ether oxygens (including phenoxy) is 2. The van der Waals surface area contributed by atoms with Crippen molar-refractivity contribution >= 4 is 6.02 Å². The van der Waals surface area contributed by atoms with Crippen LogP contribution in [0.4, 0.5) is 0 Å². The smallest absolute Gasteiger partial charge is 0.285 e. The zero-order valence-corrected chi connectivity index (χ0v) is 17.1. The van der Waals surface area contributed by atoms with Gasteiger partial charge in [-0.05, 0) is 12.0 Å². The van der Waals surface area contributed by atoms with E-state index in [2.05, 4.69) is 17.2 Å². The molecule has 7 heteroatoms. The third-order valence-corrected chi connectivity index (χ3v) is 5.67. The summed E-state index contributed by atoms with van der Waals surface area (Å²) in [6, 6.07) is 9.50. The normalized spacial score (nSPS) is 32.6. The summed E-state index contributed by atoms with van der Waals surface area (Å²) in [5, 5.41) is 34.2. The van der Waals surface area contributed by atoms with E-state index in [9.17, 15) is 15.3 Å². The molecule has 1 heterocycles. The van der Waals surface area contributed by atoms with Gasteiger partial charge in [-0.3, -0.25) is 0 Å². The van der Waals surface area contributed by atoms with Gasteiger partial charge < -0.3 is 30.1 Å². The van der Waals surface area contributed by atoms with Gasteiger partial charge in [0.2, 0.25) is 0 Å². The molecule has 1 aromatic rings. The summed E-state index contributed by atoms with van der Waals surface area (Å²) >= 11 is 0. The van der Waals surface area contributed by atoms with E-state index in [4.69, 9.17) is 9.47 Å². The largest absolute Gasteiger partial charge is 0.457 e. The fraction of sp³-hybridized carbons (Fsp3) is 0.682. The minimum absolute atomic E-state index is 0.292. The molecule has 0 aromatic heterocycles. The number of nitrogens with zero attached hydrogens (tertiary/aromatic N) is 1. The van der Waals surface area contributed by atoms with Gasteiger partial charge in [0.1, 0.15) is 24.4 Å². The van der Waals surface area contributed by atoms with E-state index in [0.29, 0.717) is 19.2 Å². The molecular weight excluding hydrogens is 372 g/mol. The van der Waals surface area contributed by atoms with E-state index in [1.54, 1.807) is 0 Å². The number of rotatable bonds is 10. The molecule has 0 bridgehead atoms. The lowest BCUT2D eigenvalue weighted by Gasteiger charge is -2.41. The molecule has 3 rings (SSSR count). The molecule has 1 saturated carbocycles. The van der Waals surface area contributed by atoms with Crippen LogP contribution in [0.2, 0.25) is 0 Å². The Morgan fingerprint density at radius 2 is 1.69 bits per heavy atom. The quantitative estimate of drug-likeness (QED) is 0.442. The van der Waals surface area contributed by atoms with Crippen LogP contribution < -0.4 is 5.32 Å². The highest BCUT2D eigenvalue weighted by Gasteiger charge is 2.55. The van der Waals surface area contributed by atoms with Crippen LogP contribution in [0.15, 0.2) is 35.3 Å². The van der Waals surface area contributed by atoms with Crippen molar-refractivity contribution in [3.8, 4) is 0 Å². The summed E-state index contributed by atoms with van der Waals surface area (Å²) in [6.45, 7) is 3.14. The van der Waals surface area contributed by atoms with E-state index < -0.39 is 36.6 Å². The van der Waals surface area contributed by atoms with Gasteiger partial charge in [0.05, 0.1) is 12.6 Å². The summed E-state index contributed by atoms with van der Waals surface area (Å²) in [6.07, 6.45) is 1.90. The molecule has 29 heavy (non-hydrogen) atoms. The maximum Gasteiger partial charge on any atom is 0.285 e. The number of aliphatic hydroxyl groups excluding tert-OH is 3. The number of nitrogens with one attached hydrogen (secondary N) is 1. The first-order valence-corrected chi connectivity index (χ1v) is 10.8. The van der Waals surface area contributed by atoms with Crippen LogP contribution in [0, 0.1) is 0 Å². The minimum atomic E-state index is -1.34. The molecule has 2 aliphatic rings. The molecule has 0 amide bonds. The SMILES string of the molecule is CCCCCCCCN=C1N[C@@H]2[C@H](O1)[C@H](O)[C@@H](O)[C@H](O)[C@H]2OCc1ccccc1. The van der Waals surface area contributed by atoms with Crippen LogP contribution in [0.25, 0.3) is 0 Å². The number of benzene rings is 1. The minimum Gasteiger partial charge on any atom is -0.457 e. The Labute approximate surface area is 172 Å². The Morgan fingerprint density at radius 3 is 2.45 bits per heavy atom. The van der Waals surface area contributed by atoms with Crippen LogP contribution >= 0.6 is 0 Å². The number of hydrogen-bond donors (Lipinski definition) is 4. The van der Waals surface area contributed by atoms with Gasteiger partial charge in [0.25, 0.3) is 6.02 Å². The molecule has 1 aromatic carbocycles. The Morgan fingerprint density at radius 1 is 0.966 bits per heavy atom. The lowest BCUT2D eigenvalue weighted by Crippen LogP contribution is -2.65. The molecule has 0 spiro atoms. The first kappa shape index (κ1) is 22.0. The summed E-state index contributed by atoms with van der Waals surface area (Å²) in [4.78, 5) is 4.46. The number of fused-ring (bicyclic) bond motifs is 1. The van der Waals surface area contributed by atoms with Gasteiger partial charge >= 0.3 is 0 Å². The van der Waals surface area contributed by atoms with Crippen molar-refractivity contribution in [3.63, 3.8) is 0 Å². The summed E-state index contributed by atoms with van der Waals surface area (Å²) in [5.41, 5.74) is 0.966. The Balaban J connectivity index is 1.56. The van der Waals surface area contributed by atoms with Crippen molar-refractivity contribution in [1.29, 1.82) is 0 Å². The Kier molecular flexibility index (Phi) is 8.29. The summed E-state index contributed by atoms with van der Waals surface area (Å²) in [5.74, 6) is 0. The van der Waals surface area contributed by atoms with E-state index in [0.717, 1.165) is 18.4 Å². The summed E-state index contributed by atoms with van der Waals surface area (Å²) < 4.78 is 11.7. The molecule has 1 saturated heterocycles. The van der Waals surface area contributed by atoms with Crippen LogP contribution in [-0.4, -0.2) is 64.4 Å². The molecule has 6 atom stereocenters. The molecule has 1 aliphatic heterocycles. The van der Waals surface area contributed by atoms with Gasteiger partial charge in [-0.25, -0.2) is 4.99 Å². The predicted octanol–water partition coefficient (Wildman–Crippen LogP) is 1.74. The molecule has 7 nitrogen and oxygen atoms in total. The Hall–Kier alpha value is -1.67. The number of aliphatic hydroxyl groups is 3. The van der Waals surface area contributed by atoms with E-state index in [1.165, 1.54) is 25.7 Å². The van der Waals surface area contributed by atoms with Crippen molar-refractivity contribution in [2.45, 2.75) is 88.6 Å². The fourth-order valence-electron chi connectivity index (χ4n) is 3.94. The zero-order valence-electron chi connectivity index (χ0n) is 17.1. The molecule has 2 fully saturated rings. The van der Waals surface area contributed by atoms with Crippen molar-refractivity contribution in [1.82, 2.24) is 5.32 Å². The van der Waals surface area contributed by atoms with Crippen LogP contribution in [0.5, 0.6) is 0 Å². The third-order valence-electron chi connectivity index (χ3n) is 5.67. The number of hydrogen-bond acceptors (Lipinski definition) is 6. The summed E-state index contributed by atoms with van der Waals surface area (Å²) in [7, 11) is 0. The molecule has 1 aliphatic carbocycles. The first-order chi connectivity index (χ1) is 14.1. The third kappa shape index (κ3) is 5.69. The van der Waals surface area contributed by atoms with Gasteiger partial charge in [-0.1, -0.05) is 69.4 Å². The molecule has 162 valence electrons. The molecule has 4 N–H and O–H groups in total.